The number of aromatic amines is 1. The van der Waals surface area contributed by atoms with Crippen LogP contribution in [0.1, 0.15) is 23.8 Å². The van der Waals surface area contributed by atoms with Crippen LogP contribution in [0.2, 0.25) is 0 Å². The third kappa shape index (κ3) is 3.37. The van der Waals surface area contributed by atoms with E-state index in [0.717, 1.165) is 0 Å². The lowest BCUT2D eigenvalue weighted by Gasteiger charge is -2.03. The molecule has 0 bridgehead atoms. The van der Waals surface area contributed by atoms with E-state index in [9.17, 15) is 9.59 Å². The van der Waals surface area contributed by atoms with Crippen LogP contribution in [0.3, 0.4) is 0 Å². The molecule has 0 aliphatic heterocycles. The van der Waals surface area contributed by atoms with Crippen LogP contribution in [0.4, 0.5) is 0 Å². The predicted molar refractivity (Wildman–Crippen MR) is 64.9 cm³/mol. The fourth-order valence-electron chi connectivity index (χ4n) is 1.42. The fraction of sp³-hybridized carbons (Fsp3) is 0.400. The number of rotatable bonds is 6. The maximum absolute atomic E-state index is 11.8. The monoisotopic (exact) mass is 279 g/mol. The van der Waals surface area contributed by atoms with Gasteiger partial charge in [0.25, 0.3) is 5.91 Å². The summed E-state index contributed by atoms with van der Waals surface area (Å²) in [4.78, 5) is 22.9. The summed E-state index contributed by atoms with van der Waals surface area (Å²) in [7, 11) is 0. The molecule has 0 unspecified atom stereocenters. The van der Waals surface area contributed by atoms with Gasteiger partial charge in [0.15, 0.2) is 5.82 Å². The Morgan fingerprint density at radius 3 is 3.05 bits per heavy atom. The van der Waals surface area contributed by atoms with Crippen LogP contribution < -0.4 is 5.32 Å². The van der Waals surface area contributed by atoms with Gasteiger partial charge in [0.1, 0.15) is 12.0 Å². The Balaban J connectivity index is 1.86. The Bertz CT molecular complexity index is 577. The Hall–Kier alpha value is -2.78. The maximum atomic E-state index is 11.8. The van der Waals surface area contributed by atoms with Crippen molar-refractivity contribution in [2.75, 3.05) is 13.2 Å². The first-order chi connectivity index (χ1) is 9.70. The molecule has 0 spiro atoms. The number of tetrazole rings is 1. The maximum Gasteiger partial charge on any atom is 0.307 e. The van der Waals surface area contributed by atoms with Crippen molar-refractivity contribution in [1.29, 1.82) is 0 Å². The minimum Gasteiger partial charge on any atom is -0.466 e. The van der Waals surface area contributed by atoms with E-state index in [2.05, 4.69) is 31.0 Å². The molecule has 1 amide bonds. The molecular weight excluding hydrogens is 266 g/mol. The van der Waals surface area contributed by atoms with Gasteiger partial charge in [0.05, 0.1) is 13.0 Å². The van der Waals surface area contributed by atoms with Crippen molar-refractivity contribution in [3.05, 3.63) is 18.1 Å². The van der Waals surface area contributed by atoms with Gasteiger partial charge in [-0.15, -0.1) is 5.10 Å². The number of ether oxygens (including phenoxy) is 1. The summed E-state index contributed by atoms with van der Waals surface area (Å²) in [6, 6.07) is 1.50. The number of hydrogen-bond donors (Lipinski definition) is 2. The number of nitrogens with zero attached hydrogens (tertiary/aromatic N) is 5. The van der Waals surface area contributed by atoms with E-state index < -0.39 is 0 Å². The zero-order chi connectivity index (χ0) is 14.4. The van der Waals surface area contributed by atoms with E-state index in [4.69, 9.17) is 4.74 Å². The number of carbonyl (C=O) groups excluding carboxylic acids is 2. The van der Waals surface area contributed by atoms with E-state index in [1.54, 1.807) is 6.92 Å². The lowest BCUT2D eigenvalue weighted by atomic mass is 10.3. The molecule has 0 radical (unpaired) electrons. The molecule has 2 heterocycles. The highest BCUT2D eigenvalue weighted by atomic mass is 16.5. The summed E-state index contributed by atoms with van der Waals surface area (Å²) in [6.45, 7) is 2.24. The quantitative estimate of drug-likeness (QED) is 0.653. The Labute approximate surface area is 113 Å². The molecule has 0 aliphatic carbocycles. The summed E-state index contributed by atoms with van der Waals surface area (Å²) < 4.78 is 6.06. The average molecular weight is 279 g/mol. The van der Waals surface area contributed by atoms with Crippen molar-refractivity contribution in [3.63, 3.8) is 0 Å². The number of carbonyl (C=O) groups is 2. The summed E-state index contributed by atoms with van der Waals surface area (Å²) >= 11 is 0. The standard InChI is InChI=1S/C10H13N7O3/c1-2-20-9(18)3-4-11-10(19)7-5-8(14-13-7)17-6-12-15-16-17/h5-6H,2-4H2,1H3,(H,11,19)(H,13,14). The zero-order valence-corrected chi connectivity index (χ0v) is 10.7. The van der Waals surface area contributed by atoms with E-state index in [-0.39, 0.29) is 30.5 Å². The lowest BCUT2D eigenvalue weighted by Crippen LogP contribution is -2.26. The van der Waals surface area contributed by atoms with Crippen LogP contribution in [0.15, 0.2) is 12.4 Å². The SMILES string of the molecule is CCOC(=O)CCNC(=O)c1cc(-n2cnnn2)n[nH]1. The third-order valence-electron chi connectivity index (χ3n) is 2.31. The summed E-state index contributed by atoms with van der Waals surface area (Å²) in [5.74, 6) is -0.335. The number of H-pyrrole nitrogens is 1. The van der Waals surface area contributed by atoms with Crippen molar-refractivity contribution in [2.24, 2.45) is 0 Å². The molecule has 0 aliphatic rings. The third-order valence-corrected chi connectivity index (χ3v) is 2.31. The van der Waals surface area contributed by atoms with E-state index in [1.165, 1.54) is 17.1 Å². The number of amides is 1. The molecule has 0 aromatic carbocycles. The summed E-state index contributed by atoms with van der Waals surface area (Å²) in [5, 5.41) is 19.6. The first-order valence-electron chi connectivity index (χ1n) is 5.93. The molecule has 106 valence electrons. The molecule has 2 N–H and O–H groups in total. The van der Waals surface area contributed by atoms with Crippen LogP contribution in [-0.2, 0) is 9.53 Å². The highest BCUT2D eigenvalue weighted by Crippen LogP contribution is 2.03. The molecular formula is C10H13N7O3. The largest absolute Gasteiger partial charge is 0.466 e. The van der Waals surface area contributed by atoms with Gasteiger partial charge in [0, 0.05) is 12.6 Å². The lowest BCUT2D eigenvalue weighted by molar-refractivity contribution is -0.142. The number of nitrogens with one attached hydrogen (secondary N) is 2. The second-order valence-electron chi connectivity index (χ2n) is 3.71. The smallest absolute Gasteiger partial charge is 0.307 e. The average Bonchev–Trinajstić information content (AvgIpc) is 3.10. The molecule has 10 heteroatoms. The Morgan fingerprint density at radius 2 is 2.35 bits per heavy atom. The van der Waals surface area contributed by atoms with Crippen LogP contribution in [-0.4, -0.2) is 55.4 Å². The molecule has 0 saturated carbocycles. The topological polar surface area (TPSA) is 128 Å². The second kappa shape index (κ2) is 6.41. The van der Waals surface area contributed by atoms with Gasteiger partial charge in [-0.3, -0.25) is 14.7 Å². The van der Waals surface area contributed by atoms with Crippen LogP contribution in [0.25, 0.3) is 5.82 Å². The Morgan fingerprint density at radius 1 is 1.50 bits per heavy atom. The van der Waals surface area contributed by atoms with Crippen molar-refractivity contribution in [3.8, 4) is 5.82 Å². The van der Waals surface area contributed by atoms with Gasteiger partial charge in [-0.05, 0) is 17.4 Å². The van der Waals surface area contributed by atoms with E-state index in [0.29, 0.717) is 12.4 Å². The van der Waals surface area contributed by atoms with Gasteiger partial charge in [-0.2, -0.15) is 9.78 Å². The van der Waals surface area contributed by atoms with Gasteiger partial charge < -0.3 is 10.1 Å². The first kappa shape index (κ1) is 13.6. The molecule has 2 aromatic rings. The summed E-state index contributed by atoms with van der Waals surface area (Å²) in [6.07, 6.45) is 1.48. The molecule has 0 atom stereocenters. The van der Waals surface area contributed by atoms with Crippen molar-refractivity contribution in [1.82, 2.24) is 35.7 Å². The van der Waals surface area contributed by atoms with Gasteiger partial charge in [-0.1, -0.05) is 0 Å². The Kier molecular flexibility index (Phi) is 4.37. The number of aromatic nitrogens is 6. The van der Waals surface area contributed by atoms with Crippen molar-refractivity contribution < 1.29 is 14.3 Å². The highest BCUT2D eigenvalue weighted by Gasteiger charge is 2.11. The van der Waals surface area contributed by atoms with Gasteiger partial charge >= 0.3 is 5.97 Å². The molecule has 10 nitrogen and oxygen atoms in total. The number of esters is 1. The van der Waals surface area contributed by atoms with Crippen molar-refractivity contribution >= 4 is 11.9 Å². The first-order valence-corrected chi connectivity index (χ1v) is 5.93. The minimum atomic E-state index is -0.374. The molecule has 2 rings (SSSR count). The molecule has 0 fully saturated rings. The molecule has 2 aromatic heterocycles. The molecule has 0 saturated heterocycles. The highest BCUT2D eigenvalue weighted by molar-refractivity contribution is 5.92. The van der Waals surface area contributed by atoms with E-state index in [1.807, 2.05) is 0 Å². The summed E-state index contributed by atoms with van der Waals surface area (Å²) in [5.41, 5.74) is 0.249. The number of hydrogen-bond acceptors (Lipinski definition) is 7. The van der Waals surface area contributed by atoms with E-state index >= 15 is 0 Å². The minimum absolute atomic E-state index is 0.119. The van der Waals surface area contributed by atoms with Crippen LogP contribution in [0, 0.1) is 0 Å². The van der Waals surface area contributed by atoms with Crippen molar-refractivity contribution in [2.45, 2.75) is 13.3 Å². The molecule has 20 heavy (non-hydrogen) atoms. The predicted octanol–water partition coefficient (Wildman–Crippen LogP) is -0.932. The van der Waals surface area contributed by atoms with Gasteiger partial charge in [0.2, 0.25) is 0 Å². The normalized spacial score (nSPS) is 10.2. The van der Waals surface area contributed by atoms with Crippen LogP contribution >= 0.6 is 0 Å². The zero-order valence-electron chi connectivity index (χ0n) is 10.7. The van der Waals surface area contributed by atoms with Crippen LogP contribution in [0.5, 0.6) is 0 Å². The fourth-order valence-corrected chi connectivity index (χ4v) is 1.42. The van der Waals surface area contributed by atoms with Gasteiger partial charge in [-0.25, -0.2) is 0 Å². The second-order valence-corrected chi connectivity index (χ2v) is 3.71.